The molecule has 7 nitrogen and oxygen atoms in total. The van der Waals surface area contributed by atoms with Crippen LogP contribution in [0, 0.1) is 10.1 Å². The van der Waals surface area contributed by atoms with Crippen molar-refractivity contribution >= 4 is 11.4 Å². The van der Waals surface area contributed by atoms with E-state index in [4.69, 9.17) is 4.74 Å². The lowest BCUT2D eigenvalue weighted by Gasteiger charge is -2.13. The number of hydrogen-bond donors (Lipinski definition) is 2. The van der Waals surface area contributed by atoms with E-state index in [-0.39, 0.29) is 11.4 Å². The van der Waals surface area contributed by atoms with Crippen LogP contribution >= 0.6 is 0 Å². The monoisotopic (exact) mass is 236 g/mol. The maximum Gasteiger partial charge on any atom is 0.311 e. The largest absolute Gasteiger partial charge is 0.490 e. The van der Waals surface area contributed by atoms with E-state index in [1.54, 1.807) is 30.5 Å². The van der Waals surface area contributed by atoms with E-state index in [2.05, 4.69) is 10.9 Å². The van der Waals surface area contributed by atoms with Gasteiger partial charge in [0, 0.05) is 24.9 Å². The molecule has 1 aromatic rings. The third-order valence-electron chi connectivity index (χ3n) is 2.38. The lowest BCUT2D eigenvalue weighted by Crippen LogP contribution is -2.34. The zero-order valence-corrected chi connectivity index (χ0v) is 9.43. The van der Waals surface area contributed by atoms with Crippen molar-refractivity contribution in [3.8, 4) is 5.75 Å². The van der Waals surface area contributed by atoms with Crippen LogP contribution in [-0.4, -0.2) is 24.2 Å². The quantitative estimate of drug-likeness (QED) is 0.598. The van der Waals surface area contributed by atoms with E-state index in [0.717, 1.165) is 0 Å². The summed E-state index contributed by atoms with van der Waals surface area (Å²) in [7, 11) is 3.20. The van der Waals surface area contributed by atoms with E-state index in [0.29, 0.717) is 11.3 Å². The van der Waals surface area contributed by atoms with Gasteiger partial charge in [-0.1, -0.05) is 6.07 Å². The maximum absolute atomic E-state index is 10.9. The second kappa shape index (κ2) is 4.30. The predicted molar refractivity (Wildman–Crippen MR) is 61.7 cm³/mol. The van der Waals surface area contributed by atoms with Gasteiger partial charge in [0.2, 0.25) is 5.75 Å². The molecule has 0 fully saturated rings. The van der Waals surface area contributed by atoms with Crippen molar-refractivity contribution < 1.29 is 9.66 Å². The Hall–Kier alpha value is -2.28. The maximum atomic E-state index is 10.9. The molecule has 0 saturated carbocycles. The Morgan fingerprint density at radius 2 is 2.24 bits per heavy atom. The predicted octanol–water partition coefficient (Wildman–Crippen LogP) is 0.856. The van der Waals surface area contributed by atoms with Crippen LogP contribution in [0.1, 0.15) is 5.56 Å². The molecule has 0 atom stereocenters. The average molecular weight is 236 g/mol. The zero-order valence-electron chi connectivity index (χ0n) is 9.43. The van der Waals surface area contributed by atoms with Crippen molar-refractivity contribution in [1.82, 2.24) is 16.0 Å². The number of ether oxygens (including phenoxy) is 1. The van der Waals surface area contributed by atoms with Crippen molar-refractivity contribution in [3.05, 3.63) is 40.1 Å². The summed E-state index contributed by atoms with van der Waals surface area (Å²) in [5, 5.41) is 12.5. The summed E-state index contributed by atoms with van der Waals surface area (Å²) in [6.45, 7) is 0. The molecule has 1 aromatic carbocycles. The number of hydrogen-bond acceptors (Lipinski definition) is 6. The summed E-state index contributed by atoms with van der Waals surface area (Å²) >= 11 is 0. The molecule has 0 amide bonds. The Bertz CT molecular complexity index is 486. The number of nitro groups is 1. The molecule has 0 spiro atoms. The summed E-state index contributed by atoms with van der Waals surface area (Å²) in [4.78, 5) is 10.4. The van der Waals surface area contributed by atoms with Gasteiger partial charge < -0.3 is 10.2 Å². The summed E-state index contributed by atoms with van der Waals surface area (Å²) in [6.07, 6.45) is 1.71. The first-order chi connectivity index (χ1) is 8.13. The van der Waals surface area contributed by atoms with Crippen molar-refractivity contribution in [2.75, 3.05) is 14.2 Å². The van der Waals surface area contributed by atoms with Gasteiger partial charge in [0.25, 0.3) is 0 Å². The number of para-hydroxylation sites is 1. The van der Waals surface area contributed by atoms with E-state index >= 15 is 0 Å². The molecule has 0 saturated heterocycles. The fourth-order valence-corrected chi connectivity index (χ4v) is 1.64. The van der Waals surface area contributed by atoms with Gasteiger partial charge in [-0.05, 0) is 6.07 Å². The fourth-order valence-electron chi connectivity index (χ4n) is 1.64. The highest BCUT2D eigenvalue weighted by Gasteiger charge is 2.22. The topological polar surface area (TPSA) is 79.7 Å². The molecular formula is C10H12N4O3. The zero-order chi connectivity index (χ0) is 12.4. The SMILES string of the molecule is COc1c(C2=CNN(C)N2)cccc1[N+](=O)[O-]. The van der Waals surface area contributed by atoms with Crippen molar-refractivity contribution in [2.24, 2.45) is 0 Å². The minimum Gasteiger partial charge on any atom is -0.490 e. The molecule has 1 aliphatic rings. The molecule has 2 rings (SSSR count). The summed E-state index contributed by atoms with van der Waals surface area (Å²) < 4.78 is 5.12. The molecule has 7 heteroatoms. The Labute approximate surface area is 97.8 Å². The molecule has 1 aliphatic heterocycles. The van der Waals surface area contributed by atoms with Gasteiger partial charge in [0.15, 0.2) is 0 Å². The lowest BCUT2D eigenvalue weighted by atomic mass is 10.1. The minimum atomic E-state index is -0.463. The highest BCUT2D eigenvalue weighted by atomic mass is 16.6. The molecule has 0 aromatic heterocycles. The van der Waals surface area contributed by atoms with Gasteiger partial charge in [-0.2, -0.15) is 0 Å². The standard InChI is InChI=1S/C10H12N4O3/c1-13-11-6-8(12-13)7-4-3-5-9(14(15)16)10(7)17-2/h3-6,11-12H,1-2H3. The first-order valence-electron chi connectivity index (χ1n) is 4.92. The average Bonchev–Trinajstić information content (AvgIpc) is 2.74. The van der Waals surface area contributed by atoms with E-state index in [1.165, 1.54) is 13.2 Å². The number of nitrogens with zero attached hydrogens (tertiary/aromatic N) is 2. The van der Waals surface area contributed by atoms with Crippen LogP contribution < -0.4 is 15.6 Å². The summed E-state index contributed by atoms with van der Waals surface area (Å²) in [5.41, 5.74) is 7.19. The molecule has 2 N–H and O–H groups in total. The number of nitro benzene ring substituents is 1. The molecule has 17 heavy (non-hydrogen) atoms. The second-order valence-corrected chi connectivity index (χ2v) is 3.47. The molecule has 90 valence electrons. The Balaban J connectivity index is 2.47. The van der Waals surface area contributed by atoms with Crippen LogP contribution in [0.4, 0.5) is 5.69 Å². The second-order valence-electron chi connectivity index (χ2n) is 3.47. The molecule has 0 radical (unpaired) electrons. The summed E-state index contributed by atoms with van der Waals surface area (Å²) in [5.74, 6) is 0.244. The van der Waals surface area contributed by atoms with Gasteiger partial charge in [0.1, 0.15) is 0 Å². The van der Waals surface area contributed by atoms with Crippen LogP contribution in [0.5, 0.6) is 5.75 Å². The number of hydrazine groups is 2. The van der Waals surface area contributed by atoms with Crippen LogP contribution in [-0.2, 0) is 0 Å². The lowest BCUT2D eigenvalue weighted by molar-refractivity contribution is -0.385. The van der Waals surface area contributed by atoms with E-state index in [9.17, 15) is 10.1 Å². The van der Waals surface area contributed by atoms with Gasteiger partial charge in [-0.3, -0.25) is 15.5 Å². The number of methoxy groups -OCH3 is 1. The Morgan fingerprint density at radius 3 is 2.76 bits per heavy atom. The van der Waals surface area contributed by atoms with Crippen LogP contribution in [0.2, 0.25) is 0 Å². The minimum absolute atomic E-state index is 0.0535. The first-order valence-corrected chi connectivity index (χ1v) is 4.92. The Kier molecular flexibility index (Phi) is 2.84. The Morgan fingerprint density at radius 1 is 1.47 bits per heavy atom. The van der Waals surface area contributed by atoms with Crippen LogP contribution in [0.15, 0.2) is 24.4 Å². The molecule has 0 bridgehead atoms. The van der Waals surface area contributed by atoms with Gasteiger partial charge >= 0.3 is 5.69 Å². The number of nitrogens with one attached hydrogen (secondary N) is 2. The van der Waals surface area contributed by atoms with Gasteiger partial charge in [0.05, 0.1) is 17.7 Å². The number of rotatable bonds is 3. The van der Waals surface area contributed by atoms with Crippen molar-refractivity contribution in [3.63, 3.8) is 0 Å². The highest BCUT2D eigenvalue weighted by molar-refractivity contribution is 5.73. The third-order valence-corrected chi connectivity index (χ3v) is 2.38. The van der Waals surface area contributed by atoms with E-state index < -0.39 is 4.92 Å². The smallest absolute Gasteiger partial charge is 0.311 e. The number of benzene rings is 1. The molecule has 1 heterocycles. The van der Waals surface area contributed by atoms with Crippen LogP contribution in [0.3, 0.4) is 0 Å². The summed E-state index contributed by atoms with van der Waals surface area (Å²) in [6, 6.07) is 4.79. The normalized spacial score (nSPS) is 14.8. The highest BCUT2D eigenvalue weighted by Crippen LogP contribution is 2.34. The molecule has 0 aliphatic carbocycles. The van der Waals surface area contributed by atoms with Crippen molar-refractivity contribution in [2.45, 2.75) is 0 Å². The van der Waals surface area contributed by atoms with Crippen molar-refractivity contribution in [1.29, 1.82) is 0 Å². The van der Waals surface area contributed by atoms with Crippen LogP contribution in [0.25, 0.3) is 5.70 Å². The van der Waals surface area contributed by atoms with E-state index in [1.807, 2.05) is 0 Å². The molecular weight excluding hydrogens is 224 g/mol. The molecule has 0 unspecified atom stereocenters. The van der Waals surface area contributed by atoms with Gasteiger partial charge in [-0.25, -0.2) is 0 Å². The third kappa shape index (κ3) is 2.00. The first kappa shape index (κ1) is 11.2. The fraction of sp³-hybridized carbons (Fsp3) is 0.200. The van der Waals surface area contributed by atoms with Gasteiger partial charge in [-0.15, -0.1) is 5.12 Å².